The maximum atomic E-state index is 12.2. The predicted molar refractivity (Wildman–Crippen MR) is 118 cm³/mol. The molecule has 1 aliphatic rings. The molecule has 1 aliphatic heterocycles. The minimum absolute atomic E-state index is 0.0180. The second-order valence-corrected chi connectivity index (χ2v) is 7.25. The summed E-state index contributed by atoms with van der Waals surface area (Å²) >= 11 is 0. The maximum Gasteiger partial charge on any atom is 0.243 e. The van der Waals surface area contributed by atoms with Gasteiger partial charge in [-0.3, -0.25) is 9.59 Å². The average Bonchev–Trinajstić information content (AvgIpc) is 3.26. The first-order valence-corrected chi connectivity index (χ1v) is 10.4. The number of nitrogens with one attached hydrogen (secondary N) is 3. The third-order valence-corrected chi connectivity index (χ3v) is 4.67. The molecule has 7 heteroatoms. The lowest BCUT2D eigenvalue weighted by molar-refractivity contribution is -0.116. The van der Waals surface area contributed by atoms with Crippen molar-refractivity contribution in [1.82, 2.24) is 0 Å². The Kier molecular flexibility index (Phi) is 8.09. The maximum absolute atomic E-state index is 12.2. The standard InChI is InChI=1S/C23H29N3O4/c1-2-5-22(27)26-19-7-3-6-18(14-19)24-15-23(28)25-17-9-11-20(12-10-17)30-16-21-8-4-13-29-21/h3,6-7,9-12,14,21,24H,2,4-5,8,13,15-16H2,1H3,(H,25,28)(H,26,27). The largest absolute Gasteiger partial charge is 0.491 e. The van der Waals surface area contributed by atoms with Crippen LogP contribution in [0.15, 0.2) is 48.5 Å². The van der Waals surface area contributed by atoms with Crippen molar-refractivity contribution in [2.24, 2.45) is 0 Å². The van der Waals surface area contributed by atoms with Crippen LogP contribution in [0, 0.1) is 0 Å². The Morgan fingerprint density at radius 2 is 1.80 bits per heavy atom. The quantitative estimate of drug-likeness (QED) is 0.549. The van der Waals surface area contributed by atoms with Gasteiger partial charge in [0.05, 0.1) is 12.6 Å². The van der Waals surface area contributed by atoms with Crippen LogP contribution in [-0.2, 0) is 14.3 Å². The van der Waals surface area contributed by atoms with Crippen LogP contribution in [0.3, 0.4) is 0 Å². The third-order valence-electron chi connectivity index (χ3n) is 4.67. The van der Waals surface area contributed by atoms with Crippen molar-refractivity contribution in [3.63, 3.8) is 0 Å². The first-order chi connectivity index (χ1) is 14.6. The lowest BCUT2D eigenvalue weighted by atomic mass is 10.2. The molecular formula is C23H29N3O4. The summed E-state index contributed by atoms with van der Waals surface area (Å²) in [6.45, 7) is 3.43. The Morgan fingerprint density at radius 1 is 1.03 bits per heavy atom. The molecule has 2 amide bonds. The molecule has 0 aromatic heterocycles. The van der Waals surface area contributed by atoms with Crippen molar-refractivity contribution >= 4 is 28.9 Å². The van der Waals surface area contributed by atoms with Crippen LogP contribution in [0.1, 0.15) is 32.6 Å². The van der Waals surface area contributed by atoms with Crippen molar-refractivity contribution < 1.29 is 19.1 Å². The van der Waals surface area contributed by atoms with Crippen molar-refractivity contribution in [3.05, 3.63) is 48.5 Å². The molecule has 2 aromatic rings. The van der Waals surface area contributed by atoms with Gasteiger partial charge in [-0.05, 0) is 61.7 Å². The zero-order valence-electron chi connectivity index (χ0n) is 17.3. The lowest BCUT2D eigenvalue weighted by Gasteiger charge is -2.12. The van der Waals surface area contributed by atoms with Gasteiger partial charge < -0.3 is 25.4 Å². The summed E-state index contributed by atoms with van der Waals surface area (Å²) in [7, 11) is 0. The van der Waals surface area contributed by atoms with Crippen LogP contribution in [0.5, 0.6) is 5.75 Å². The van der Waals surface area contributed by atoms with E-state index < -0.39 is 0 Å². The number of anilines is 3. The monoisotopic (exact) mass is 411 g/mol. The van der Waals surface area contributed by atoms with Crippen LogP contribution < -0.4 is 20.7 Å². The molecule has 1 heterocycles. The smallest absolute Gasteiger partial charge is 0.243 e. The van der Waals surface area contributed by atoms with E-state index in [2.05, 4.69) is 16.0 Å². The first-order valence-electron chi connectivity index (χ1n) is 10.4. The first kappa shape index (κ1) is 21.6. The van der Waals surface area contributed by atoms with Gasteiger partial charge in [-0.1, -0.05) is 13.0 Å². The number of carbonyl (C=O) groups is 2. The minimum Gasteiger partial charge on any atom is -0.491 e. The Bertz CT molecular complexity index is 833. The summed E-state index contributed by atoms with van der Waals surface area (Å²) < 4.78 is 11.3. The van der Waals surface area contributed by atoms with E-state index in [4.69, 9.17) is 9.47 Å². The fraction of sp³-hybridized carbons (Fsp3) is 0.391. The van der Waals surface area contributed by atoms with Gasteiger partial charge in [0.2, 0.25) is 11.8 Å². The van der Waals surface area contributed by atoms with E-state index in [0.717, 1.165) is 37.3 Å². The van der Waals surface area contributed by atoms with Gasteiger partial charge in [0.15, 0.2) is 0 Å². The Hall–Kier alpha value is -3.06. The van der Waals surface area contributed by atoms with E-state index in [1.807, 2.05) is 49.4 Å². The van der Waals surface area contributed by atoms with Crippen molar-refractivity contribution in [1.29, 1.82) is 0 Å². The van der Waals surface area contributed by atoms with E-state index >= 15 is 0 Å². The molecule has 3 N–H and O–H groups in total. The molecule has 1 atom stereocenters. The minimum atomic E-state index is -0.163. The summed E-state index contributed by atoms with van der Waals surface area (Å²) in [5, 5.41) is 8.76. The summed E-state index contributed by atoms with van der Waals surface area (Å²) in [5.41, 5.74) is 2.17. The fourth-order valence-electron chi connectivity index (χ4n) is 3.14. The van der Waals surface area contributed by atoms with Crippen molar-refractivity contribution in [2.75, 3.05) is 35.7 Å². The number of ether oxygens (including phenoxy) is 2. The van der Waals surface area contributed by atoms with Crippen LogP contribution in [0.2, 0.25) is 0 Å². The molecule has 0 bridgehead atoms. The van der Waals surface area contributed by atoms with Gasteiger partial charge in [0, 0.05) is 30.1 Å². The van der Waals surface area contributed by atoms with Gasteiger partial charge in [-0.25, -0.2) is 0 Å². The Balaban J connectivity index is 1.42. The Labute approximate surface area is 177 Å². The van der Waals surface area contributed by atoms with Gasteiger partial charge in [-0.15, -0.1) is 0 Å². The molecular weight excluding hydrogens is 382 g/mol. The molecule has 0 aliphatic carbocycles. The van der Waals surface area contributed by atoms with Crippen LogP contribution in [-0.4, -0.2) is 37.7 Å². The van der Waals surface area contributed by atoms with Crippen molar-refractivity contribution in [3.8, 4) is 5.75 Å². The summed E-state index contributed by atoms with van der Waals surface area (Å²) in [6.07, 6.45) is 3.58. The molecule has 1 unspecified atom stereocenters. The highest BCUT2D eigenvalue weighted by molar-refractivity contribution is 5.94. The molecule has 0 radical (unpaired) electrons. The molecule has 1 fully saturated rings. The zero-order valence-corrected chi connectivity index (χ0v) is 17.3. The van der Waals surface area contributed by atoms with Crippen LogP contribution >= 0.6 is 0 Å². The van der Waals surface area contributed by atoms with Crippen molar-refractivity contribution in [2.45, 2.75) is 38.7 Å². The molecule has 1 saturated heterocycles. The SMILES string of the molecule is CCCC(=O)Nc1cccc(NCC(=O)Nc2ccc(OCC3CCCO3)cc2)c1. The molecule has 160 valence electrons. The van der Waals surface area contributed by atoms with Gasteiger partial charge in [-0.2, -0.15) is 0 Å². The van der Waals surface area contributed by atoms with Crippen LogP contribution in [0.4, 0.5) is 17.1 Å². The van der Waals surface area contributed by atoms with Gasteiger partial charge in [0.1, 0.15) is 12.4 Å². The molecule has 0 saturated carbocycles. The number of rotatable bonds is 10. The molecule has 3 rings (SSSR count). The van der Waals surface area contributed by atoms with E-state index in [0.29, 0.717) is 24.4 Å². The number of amides is 2. The summed E-state index contributed by atoms with van der Waals surface area (Å²) in [4.78, 5) is 23.9. The third kappa shape index (κ3) is 7.08. The molecule has 30 heavy (non-hydrogen) atoms. The summed E-state index contributed by atoms with van der Waals surface area (Å²) in [5.74, 6) is 0.572. The number of hydrogen-bond acceptors (Lipinski definition) is 5. The molecule has 2 aromatic carbocycles. The normalized spacial score (nSPS) is 15.4. The second kappa shape index (κ2) is 11.2. The van der Waals surface area contributed by atoms with Gasteiger partial charge >= 0.3 is 0 Å². The average molecular weight is 412 g/mol. The van der Waals surface area contributed by atoms with E-state index in [9.17, 15) is 9.59 Å². The highest BCUT2D eigenvalue weighted by Crippen LogP contribution is 2.19. The second-order valence-electron chi connectivity index (χ2n) is 7.25. The topological polar surface area (TPSA) is 88.7 Å². The number of benzene rings is 2. The Morgan fingerprint density at radius 3 is 2.53 bits per heavy atom. The highest BCUT2D eigenvalue weighted by Gasteiger charge is 2.15. The van der Waals surface area contributed by atoms with E-state index in [-0.39, 0.29) is 24.5 Å². The highest BCUT2D eigenvalue weighted by atomic mass is 16.5. The fourth-order valence-corrected chi connectivity index (χ4v) is 3.14. The zero-order chi connectivity index (χ0) is 21.2. The molecule has 7 nitrogen and oxygen atoms in total. The summed E-state index contributed by atoms with van der Waals surface area (Å²) in [6, 6.07) is 14.6. The van der Waals surface area contributed by atoms with E-state index in [1.165, 1.54) is 0 Å². The van der Waals surface area contributed by atoms with Crippen LogP contribution in [0.25, 0.3) is 0 Å². The van der Waals surface area contributed by atoms with Gasteiger partial charge in [0.25, 0.3) is 0 Å². The number of hydrogen-bond donors (Lipinski definition) is 3. The van der Waals surface area contributed by atoms with E-state index in [1.54, 1.807) is 6.07 Å². The molecule has 0 spiro atoms. The number of carbonyl (C=O) groups excluding carboxylic acids is 2. The lowest BCUT2D eigenvalue weighted by Crippen LogP contribution is -2.21. The predicted octanol–water partition coefficient (Wildman–Crippen LogP) is 4.03.